The van der Waals surface area contributed by atoms with Gasteiger partial charge in [-0.1, -0.05) is 11.6 Å². The maximum atomic E-state index is 10.8. The van der Waals surface area contributed by atoms with E-state index in [0.717, 1.165) is 25.9 Å². The molecule has 1 saturated heterocycles. The maximum Gasteiger partial charge on any atom is 0.337 e. The predicted molar refractivity (Wildman–Crippen MR) is 68.2 cm³/mol. The molecule has 1 aromatic heterocycles. The highest BCUT2D eigenvalue weighted by atomic mass is 35.5. The van der Waals surface area contributed by atoms with Crippen LogP contribution in [0.25, 0.3) is 0 Å². The molecular weight excluding hydrogens is 256 g/mol. The molecule has 18 heavy (non-hydrogen) atoms. The Kier molecular flexibility index (Phi) is 4.04. The maximum absolute atomic E-state index is 10.8. The third-order valence-electron chi connectivity index (χ3n) is 3.19. The van der Waals surface area contributed by atoms with Crippen LogP contribution in [0.15, 0.2) is 12.3 Å². The van der Waals surface area contributed by atoms with Crippen LogP contribution in [0.5, 0.6) is 0 Å². The van der Waals surface area contributed by atoms with Gasteiger partial charge in [0, 0.05) is 25.9 Å². The first kappa shape index (κ1) is 13.1. The van der Waals surface area contributed by atoms with E-state index in [0.29, 0.717) is 16.8 Å². The Bertz CT molecular complexity index is 453. The van der Waals surface area contributed by atoms with Crippen molar-refractivity contribution in [2.75, 3.05) is 24.6 Å². The second-order valence-electron chi connectivity index (χ2n) is 4.45. The van der Waals surface area contributed by atoms with Gasteiger partial charge in [-0.05, 0) is 24.8 Å². The third kappa shape index (κ3) is 2.73. The van der Waals surface area contributed by atoms with Crippen LogP contribution in [0.1, 0.15) is 23.2 Å². The normalized spacial score (nSPS) is 19.2. The molecule has 6 heteroatoms. The lowest BCUT2D eigenvalue weighted by Crippen LogP contribution is -2.21. The van der Waals surface area contributed by atoms with E-state index in [-0.39, 0.29) is 12.2 Å². The molecule has 98 valence electrons. The Morgan fingerprint density at radius 2 is 2.39 bits per heavy atom. The number of halogens is 1. The second-order valence-corrected chi connectivity index (χ2v) is 4.85. The van der Waals surface area contributed by atoms with E-state index in [9.17, 15) is 4.79 Å². The number of rotatable bonds is 4. The average Bonchev–Trinajstić information content (AvgIpc) is 2.77. The molecule has 1 aromatic rings. The first-order valence-corrected chi connectivity index (χ1v) is 6.24. The van der Waals surface area contributed by atoms with Gasteiger partial charge in [0.1, 0.15) is 5.82 Å². The minimum atomic E-state index is -1.03. The van der Waals surface area contributed by atoms with Gasteiger partial charge in [-0.3, -0.25) is 0 Å². The van der Waals surface area contributed by atoms with Gasteiger partial charge in [-0.15, -0.1) is 0 Å². The highest BCUT2D eigenvalue weighted by Crippen LogP contribution is 2.29. The van der Waals surface area contributed by atoms with Gasteiger partial charge in [0.05, 0.1) is 10.6 Å². The molecule has 0 radical (unpaired) electrons. The van der Waals surface area contributed by atoms with E-state index in [4.69, 9.17) is 21.8 Å². The predicted octanol–water partition coefficient (Wildman–Crippen LogP) is 1.64. The Morgan fingerprint density at radius 1 is 1.61 bits per heavy atom. The number of pyridine rings is 1. The molecular formula is C12H15ClN2O3. The average molecular weight is 271 g/mol. The zero-order valence-corrected chi connectivity index (χ0v) is 10.6. The summed E-state index contributed by atoms with van der Waals surface area (Å²) in [6.07, 6.45) is 3.10. The van der Waals surface area contributed by atoms with E-state index in [1.165, 1.54) is 12.3 Å². The van der Waals surface area contributed by atoms with Gasteiger partial charge in [-0.25, -0.2) is 9.78 Å². The number of aromatic carboxylic acids is 1. The first-order valence-electron chi connectivity index (χ1n) is 5.86. The molecule has 2 heterocycles. The summed E-state index contributed by atoms with van der Waals surface area (Å²) in [5, 5.41) is 18.1. The summed E-state index contributed by atoms with van der Waals surface area (Å²) in [7, 11) is 0. The van der Waals surface area contributed by atoms with Crippen LogP contribution in [0, 0.1) is 5.92 Å². The van der Waals surface area contributed by atoms with Gasteiger partial charge in [0.2, 0.25) is 0 Å². The summed E-state index contributed by atoms with van der Waals surface area (Å²) in [6, 6.07) is 1.42. The Morgan fingerprint density at radius 3 is 3.00 bits per heavy atom. The molecule has 0 bridgehead atoms. The number of carbonyl (C=O) groups is 1. The Hall–Kier alpha value is -1.33. The lowest BCUT2D eigenvalue weighted by molar-refractivity contribution is 0.0696. The number of aliphatic hydroxyl groups is 1. The van der Waals surface area contributed by atoms with Gasteiger partial charge in [0.15, 0.2) is 0 Å². The number of carboxylic acid groups (broad SMARTS) is 1. The van der Waals surface area contributed by atoms with Crippen molar-refractivity contribution in [3.05, 3.63) is 22.8 Å². The van der Waals surface area contributed by atoms with Gasteiger partial charge < -0.3 is 15.1 Å². The van der Waals surface area contributed by atoms with E-state index in [1.54, 1.807) is 0 Å². The van der Waals surface area contributed by atoms with Gasteiger partial charge >= 0.3 is 5.97 Å². The number of hydrogen-bond acceptors (Lipinski definition) is 4. The van der Waals surface area contributed by atoms with Crippen molar-refractivity contribution >= 4 is 23.4 Å². The first-order chi connectivity index (χ1) is 8.61. The molecule has 0 aromatic carbocycles. The van der Waals surface area contributed by atoms with Crippen molar-refractivity contribution in [1.29, 1.82) is 0 Å². The van der Waals surface area contributed by atoms with Crippen molar-refractivity contribution in [3.63, 3.8) is 0 Å². The minimum absolute atomic E-state index is 0.0925. The highest BCUT2D eigenvalue weighted by Gasteiger charge is 2.24. The lowest BCUT2D eigenvalue weighted by atomic mass is 10.1. The van der Waals surface area contributed by atoms with Crippen molar-refractivity contribution in [2.45, 2.75) is 12.8 Å². The summed E-state index contributed by atoms with van der Waals surface area (Å²) < 4.78 is 0. The van der Waals surface area contributed by atoms with Crippen molar-refractivity contribution in [3.8, 4) is 0 Å². The van der Waals surface area contributed by atoms with Gasteiger partial charge in [0.25, 0.3) is 0 Å². The SMILES string of the molecule is O=C(O)c1cnc(N2CCC(CCO)C2)c(Cl)c1. The van der Waals surface area contributed by atoms with Crippen molar-refractivity contribution < 1.29 is 15.0 Å². The van der Waals surface area contributed by atoms with Crippen LogP contribution >= 0.6 is 11.6 Å². The molecule has 1 fully saturated rings. The molecule has 0 amide bonds. The highest BCUT2D eigenvalue weighted by molar-refractivity contribution is 6.33. The third-order valence-corrected chi connectivity index (χ3v) is 3.47. The van der Waals surface area contributed by atoms with E-state index >= 15 is 0 Å². The van der Waals surface area contributed by atoms with E-state index < -0.39 is 5.97 Å². The number of hydrogen-bond donors (Lipinski definition) is 2. The molecule has 1 aliphatic heterocycles. The smallest absolute Gasteiger partial charge is 0.337 e. The number of aromatic nitrogens is 1. The summed E-state index contributed by atoms with van der Waals surface area (Å²) in [5.74, 6) is 0.0460. The van der Waals surface area contributed by atoms with Crippen LogP contribution in [0.2, 0.25) is 5.02 Å². The van der Waals surface area contributed by atoms with Crippen LogP contribution < -0.4 is 4.90 Å². The standard InChI is InChI=1S/C12H15ClN2O3/c13-10-5-9(12(17)18)6-14-11(10)15-3-1-8(7-15)2-4-16/h5-6,8,16H,1-4,7H2,(H,17,18). The molecule has 1 aliphatic rings. The number of nitrogens with zero attached hydrogens (tertiary/aromatic N) is 2. The number of carboxylic acids is 1. The molecule has 1 unspecified atom stereocenters. The monoisotopic (exact) mass is 270 g/mol. The fourth-order valence-electron chi connectivity index (χ4n) is 2.22. The summed E-state index contributed by atoms with van der Waals surface area (Å²) in [6.45, 7) is 1.83. The zero-order chi connectivity index (χ0) is 13.1. The lowest BCUT2D eigenvalue weighted by Gasteiger charge is -2.18. The fourth-order valence-corrected chi connectivity index (χ4v) is 2.51. The minimum Gasteiger partial charge on any atom is -0.478 e. The molecule has 0 saturated carbocycles. The summed E-state index contributed by atoms with van der Waals surface area (Å²) in [5.41, 5.74) is 0.0925. The molecule has 0 aliphatic carbocycles. The molecule has 0 spiro atoms. The second kappa shape index (κ2) is 5.54. The quantitative estimate of drug-likeness (QED) is 0.870. The van der Waals surface area contributed by atoms with E-state index in [1.807, 2.05) is 4.90 Å². The van der Waals surface area contributed by atoms with Crippen LogP contribution in [0.3, 0.4) is 0 Å². The van der Waals surface area contributed by atoms with Crippen LogP contribution in [0.4, 0.5) is 5.82 Å². The fraction of sp³-hybridized carbons (Fsp3) is 0.500. The zero-order valence-electron chi connectivity index (χ0n) is 9.84. The summed E-state index contributed by atoms with van der Waals surface area (Å²) >= 11 is 6.06. The number of anilines is 1. The molecule has 1 atom stereocenters. The molecule has 5 nitrogen and oxygen atoms in total. The van der Waals surface area contributed by atoms with Gasteiger partial charge in [-0.2, -0.15) is 0 Å². The van der Waals surface area contributed by atoms with E-state index in [2.05, 4.69) is 4.98 Å². The Balaban J connectivity index is 2.12. The molecule has 2 rings (SSSR count). The van der Waals surface area contributed by atoms with Crippen molar-refractivity contribution in [1.82, 2.24) is 4.98 Å². The van der Waals surface area contributed by atoms with Crippen molar-refractivity contribution in [2.24, 2.45) is 5.92 Å². The topological polar surface area (TPSA) is 73.7 Å². The summed E-state index contributed by atoms with van der Waals surface area (Å²) in [4.78, 5) is 16.9. The Labute approximate surface area is 110 Å². The van der Waals surface area contributed by atoms with Crippen LogP contribution in [-0.4, -0.2) is 40.9 Å². The number of aliphatic hydroxyl groups excluding tert-OH is 1. The molecule has 2 N–H and O–H groups in total. The largest absolute Gasteiger partial charge is 0.478 e. The van der Waals surface area contributed by atoms with Crippen LogP contribution in [-0.2, 0) is 0 Å².